The predicted octanol–water partition coefficient (Wildman–Crippen LogP) is 2.97. The topological polar surface area (TPSA) is 70.2 Å². The first kappa shape index (κ1) is 22.5. The molecule has 0 bridgehead atoms. The van der Waals surface area contributed by atoms with Crippen molar-refractivity contribution >= 4 is 35.1 Å². The predicted molar refractivity (Wildman–Crippen MR) is 122 cm³/mol. The lowest BCUT2D eigenvalue weighted by molar-refractivity contribution is -0.123. The first-order chi connectivity index (χ1) is 15.5. The van der Waals surface area contributed by atoms with E-state index in [0.717, 1.165) is 37.7 Å². The number of amides is 2. The fourth-order valence-corrected chi connectivity index (χ4v) is 4.34. The monoisotopic (exact) mass is 455 g/mol. The summed E-state index contributed by atoms with van der Waals surface area (Å²) < 4.78 is 4.98. The molecular formula is C24H26ClN3O4. The number of anilines is 1. The van der Waals surface area contributed by atoms with E-state index in [9.17, 15) is 14.4 Å². The highest BCUT2D eigenvalue weighted by atomic mass is 35.5. The summed E-state index contributed by atoms with van der Waals surface area (Å²) in [5.41, 5.74) is 2.08. The molecule has 0 saturated carbocycles. The van der Waals surface area contributed by atoms with Gasteiger partial charge in [-0.1, -0.05) is 23.7 Å². The van der Waals surface area contributed by atoms with Gasteiger partial charge in [-0.3, -0.25) is 19.4 Å². The molecular weight excluding hydrogens is 430 g/mol. The van der Waals surface area contributed by atoms with Crippen LogP contribution in [0, 0.1) is 0 Å². The van der Waals surface area contributed by atoms with Crippen molar-refractivity contribution in [1.29, 1.82) is 0 Å². The van der Waals surface area contributed by atoms with Gasteiger partial charge in [-0.25, -0.2) is 9.69 Å². The molecule has 7 nitrogen and oxygen atoms in total. The smallest absolute Gasteiger partial charge is 0.338 e. The highest BCUT2D eigenvalue weighted by Gasteiger charge is 2.43. The van der Waals surface area contributed by atoms with Crippen molar-refractivity contribution in [2.75, 3.05) is 37.7 Å². The summed E-state index contributed by atoms with van der Waals surface area (Å²) in [5, 5.41) is 0.725. The van der Waals surface area contributed by atoms with E-state index in [1.165, 1.54) is 10.5 Å². The number of benzene rings is 2. The Bertz CT molecular complexity index is 985. The van der Waals surface area contributed by atoms with Crippen LogP contribution in [0.2, 0.25) is 5.02 Å². The Kier molecular flexibility index (Phi) is 6.89. The molecule has 2 saturated heterocycles. The zero-order valence-electron chi connectivity index (χ0n) is 18.0. The van der Waals surface area contributed by atoms with Gasteiger partial charge in [-0.2, -0.15) is 0 Å². The second-order valence-electron chi connectivity index (χ2n) is 7.99. The van der Waals surface area contributed by atoms with Crippen molar-refractivity contribution in [3.63, 3.8) is 0 Å². The molecule has 2 aromatic rings. The average molecular weight is 456 g/mol. The molecule has 0 aromatic heterocycles. The highest BCUT2D eigenvalue weighted by Crippen LogP contribution is 2.27. The molecule has 168 valence electrons. The minimum absolute atomic E-state index is 0.176. The summed E-state index contributed by atoms with van der Waals surface area (Å²) in [6, 6.07) is 13.8. The Hall–Kier alpha value is -2.74. The van der Waals surface area contributed by atoms with Gasteiger partial charge >= 0.3 is 5.97 Å². The summed E-state index contributed by atoms with van der Waals surface area (Å²) in [6.45, 7) is 5.98. The Morgan fingerprint density at radius 2 is 1.66 bits per heavy atom. The summed E-state index contributed by atoms with van der Waals surface area (Å²) >= 11 is 5.96. The number of esters is 1. The van der Waals surface area contributed by atoms with Crippen molar-refractivity contribution in [2.24, 2.45) is 0 Å². The first-order valence-corrected chi connectivity index (χ1v) is 11.2. The van der Waals surface area contributed by atoms with E-state index in [2.05, 4.69) is 9.80 Å². The Balaban J connectivity index is 1.36. The zero-order valence-corrected chi connectivity index (χ0v) is 18.8. The molecule has 0 aliphatic carbocycles. The Labute approximate surface area is 192 Å². The fourth-order valence-electron chi connectivity index (χ4n) is 4.21. The lowest BCUT2D eigenvalue weighted by Crippen LogP contribution is -2.52. The van der Waals surface area contributed by atoms with Gasteiger partial charge in [0.15, 0.2) is 0 Å². The molecule has 0 N–H and O–H groups in total. The molecule has 8 heteroatoms. The molecule has 1 unspecified atom stereocenters. The standard InChI is InChI=1S/C24H26ClN3O4/c1-2-32-24(31)18-5-9-20(10-6-18)28-22(29)15-21(23(28)30)27-13-11-26(12-14-27)16-17-3-7-19(25)8-4-17/h3-10,21H,2,11-16H2,1H3. The van der Waals surface area contributed by atoms with E-state index in [4.69, 9.17) is 16.3 Å². The van der Waals surface area contributed by atoms with Crippen LogP contribution in [-0.2, 0) is 20.9 Å². The van der Waals surface area contributed by atoms with Crippen LogP contribution in [0.3, 0.4) is 0 Å². The Morgan fingerprint density at radius 3 is 2.28 bits per heavy atom. The minimum atomic E-state index is -0.440. The lowest BCUT2D eigenvalue weighted by atomic mass is 10.1. The van der Waals surface area contributed by atoms with Gasteiger partial charge in [0, 0.05) is 37.7 Å². The van der Waals surface area contributed by atoms with Gasteiger partial charge in [0.1, 0.15) is 0 Å². The molecule has 0 spiro atoms. The maximum Gasteiger partial charge on any atom is 0.338 e. The van der Waals surface area contributed by atoms with Crippen LogP contribution in [0.15, 0.2) is 48.5 Å². The van der Waals surface area contributed by atoms with E-state index in [1.54, 1.807) is 31.2 Å². The van der Waals surface area contributed by atoms with Gasteiger partial charge < -0.3 is 4.74 Å². The van der Waals surface area contributed by atoms with E-state index in [1.807, 2.05) is 24.3 Å². The number of imide groups is 1. The number of piperazine rings is 1. The third kappa shape index (κ3) is 4.85. The van der Waals surface area contributed by atoms with Crippen LogP contribution >= 0.6 is 11.6 Å². The summed E-state index contributed by atoms with van der Waals surface area (Å²) in [4.78, 5) is 43.3. The first-order valence-electron chi connectivity index (χ1n) is 10.8. The molecule has 2 amide bonds. The number of ether oxygens (including phenoxy) is 1. The van der Waals surface area contributed by atoms with Crippen molar-refractivity contribution in [1.82, 2.24) is 9.80 Å². The number of halogens is 1. The molecule has 2 fully saturated rings. The number of carbonyl (C=O) groups excluding carboxylic acids is 3. The van der Waals surface area contributed by atoms with Crippen molar-refractivity contribution in [2.45, 2.75) is 25.9 Å². The third-order valence-corrected chi connectivity index (χ3v) is 6.18. The van der Waals surface area contributed by atoms with Crippen LogP contribution in [0.25, 0.3) is 0 Å². The van der Waals surface area contributed by atoms with Crippen LogP contribution in [-0.4, -0.2) is 66.4 Å². The number of nitrogens with zero attached hydrogens (tertiary/aromatic N) is 3. The van der Waals surface area contributed by atoms with E-state index < -0.39 is 12.0 Å². The van der Waals surface area contributed by atoms with Crippen LogP contribution < -0.4 is 4.90 Å². The van der Waals surface area contributed by atoms with Crippen LogP contribution in [0.1, 0.15) is 29.3 Å². The van der Waals surface area contributed by atoms with Gasteiger partial charge in [-0.05, 0) is 48.9 Å². The van der Waals surface area contributed by atoms with Crippen molar-refractivity contribution in [3.05, 3.63) is 64.7 Å². The largest absolute Gasteiger partial charge is 0.462 e. The van der Waals surface area contributed by atoms with E-state index >= 15 is 0 Å². The van der Waals surface area contributed by atoms with Crippen LogP contribution in [0.4, 0.5) is 5.69 Å². The fraction of sp³-hybridized carbons (Fsp3) is 0.375. The molecule has 4 rings (SSSR count). The van der Waals surface area contributed by atoms with Gasteiger partial charge in [0.05, 0.1) is 30.3 Å². The third-order valence-electron chi connectivity index (χ3n) is 5.93. The zero-order chi connectivity index (χ0) is 22.7. The second kappa shape index (κ2) is 9.81. The normalized spacial score (nSPS) is 20.1. The van der Waals surface area contributed by atoms with E-state index in [0.29, 0.717) is 17.9 Å². The van der Waals surface area contributed by atoms with Crippen molar-refractivity contribution in [3.8, 4) is 0 Å². The molecule has 2 heterocycles. The summed E-state index contributed by atoms with van der Waals surface area (Å²) in [6.07, 6.45) is 0.176. The lowest BCUT2D eigenvalue weighted by Gasteiger charge is -2.37. The van der Waals surface area contributed by atoms with Crippen LogP contribution in [0.5, 0.6) is 0 Å². The van der Waals surface area contributed by atoms with Gasteiger partial charge in [0.2, 0.25) is 5.91 Å². The number of carbonyl (C=O) groups is 3. The molecule has 1 atom stereocenters. The molecule has 2 aliphatic heterocycles. The minimum Gasteiger partial charge on any atom is -0.462 e. The molecule has 2 aliphatic rings. The van der Waals surface area contributed by atoms with Gasteiger partial charge in [0.25, 0.3) is 5.91 Å². The average Bonchev–Trinajstić information content (AvgIpc) is 3.10. The second-order valence-corrected chi connectivity index (χ2v) is 8.43. The van der Waals surface area contributed by atoms with E-state index in [-0.39, 0.29) is 18.2 Å². The molecule has 2 aromatic carbocycles. The highest BCUT2D eigenvalue weighted by molar-refractivity contribution is 6.30. The van der Waals surface area contributed by atoms with Crippen molar-refractivity contribution < 1.29 is 19.1 Å². The Morgan fingerprint density at radius 1 is 1.00 bits per heavy atom. The van der Waals surface area contributed by atoms with Gasteiger partial charge in [-0.15, -0.1) is 0 Å². The molecule has 0 radical (unpaired) electrons. The number of hydrogen-bond acceptors (Lipinski definition) is 6. The number of hydrogen-bond donors (Lipinski definition) is 0. The summed E-state index contributed by atoms with van der Waals surface area (Å²) in [5.74, 6) is -0.843. The quantitative estimate of drug-likeness (QED) is 0.492. The number of rotatable bonds is 6. The maximum atomic E-state index is 13.1. The SMILES string of the molecule is CCOC(=O)c1ccc(N2C(=O)CC(N3CCN(Cc4ccc(Cl)cc4)CC3)C2=O)cc1. The molecule has 32 heavy (non-hydrogen) atoms. The maximum absolute atomic E-state index is 13.1. The summed E-state index contributed by atoms with van der Waals surface area (Å²) in [7, 11) is 0.